The largest absolute Gasteiger partial charge is 0.384 e. The van der Waals surface area contributed by atoms with E-state index >= 15 is 0 Å². The number of fused-ring (bicyclic) bond motifs is 1. The number of hydrogen-bond donors (Lipinski definition) is 2. The summed E-state index contributed by atoms with van der Waals surface area (Å²) in [4.78, 5) is 0.264. The Hall–Kier alpha value is -1.72. The second kappa shape index (κ2) is 5.00. The molecule has 0 saturated carbocycles. The standard InChI is InChI=1S/C14H13ClN2O2S/c15-11-2-1-3-12(9-11)17-20(18,19)13-4-5-14-10(8-13)6-7-16-14/h1-5,8-9,16-17H,6-7H2. The van der Waals surface area contributed by atoms with Crippen LogP contribution in [0.25, 0.3) is 0 Å². The normalized spacial score (nSPS) is 13.7. The molecular weight excluding hydrogens is 296 g/mol. The van der Waals surface area contributed by atoms with E-state index in [2.05, 4.69) is 10.0 Å². The number of nitrogens with one attached hydrogen (secondary N) is 2. The predicted molar refractivity (Wildman–Crippen MR) is 80.9 cm³/mol. The van der Waals surface area contributed by atoms with E-state index in [1.54, 1.807) is 42.5 Å². The Kier molecular flexibility index (Phi) is 3.31. The second-order valence-electron chi connectivity index (χ2n) is 4.61. The van der Waals surface area contributed by atoms with Gasteiger partial charge in [-0.15, -0.1) is 0 Å². The topological polar surface area (TPSA) is 58.2 Å². The minimum Gasteiger partial charge on any atom is -0.384 e. The lowest BCUT2D eigenvalue weighted by Gasteiger charge is -2.09. The van der Waals surface area contributed by atoms with Crippen LogP contribution in [0.3, 0.4) is 0 Å². The molecule has 0 spiro atoms. The third-order valence-electron chi connectivity index (χ3n) is 3.17. The number of rotatable bonds is 3. The van der Waals surface area contributed by atoms with Crippen molar-refractivity contribution in [1.82, 2.24) is 0 Å². The molecule has 2 aromatic rings. The highest BCUT2D eigenvalue weighted by atomic mass is 35.5. The van der Waals surface area contributed by atoms with Gasteiger partial charge in [-0.25, -0.2) is 8.42 Å². The Morgan fingerprint density at radius 3 is 2.80 bits per heavy atom. The van der Waals surface area contributed by atoms with Crippen LogP contribution in [0.4, 0.5) is 11.4 Å². The SMILES string of the molecule is O=S(=O)(Nc1cccc(Cl)c1)c1ccc2c(c1)CCN2. The summed E-state index contributed by atoms with van der Waals surface area (Å²) in [5.74, 6) is 0. The molecule has 1 heterocycles. The molecule has 3 rings (SSSR count). The average molecular weight is 309 g/mol. The van der Waals surface area contributed by atoms with Gasteiger partial charge in [0, 0.05) is 17.3 Å². The zero-order valence-electron chi connectivity index (χ0n) is 10.6. The van der Waals surface area contributed by atoms with Gasteiger partial charge in [0.05, 0.1) is 10.6 Å². The Morgan fingerprint density at radius 1 is 1.15 bits per heavy atom. The molecule has 0 aromatic heterocycles. The van der Waals surface area contributed by atoms with E-state index < -0.39 is 10.0 Å². The minimum atomic E-state index is -3.59. The van der Waals surface area contributed by atoms with Crippen molar-refractivity contribution in [2.45, 2.75) is 11.3 Å². The summed E-state index contributed by atoms with van der Waals surface area (Å²) in [7, 11) is -3.59. The van der Waals surface area contributed by atoms with E-state index in [1.807, 2.05) is 0 Å². The van der Waals surface area contributed by atoms with Crippen LogP contribution in [-0.4, -0.2) is 15.0 Å². The fraction of sp³-hybridized carbons (Fsp3) is 0.143. The van der Waals surface area contributed by atoms with Gasteiger partial charge in [0.1, 0.15) is 0 Å². The maximum atomic E-state index is 12.3. The molecular formula is C14H13ClN2O2S. The summed E-state index contributed by atoms with van der Waals surface area (Å²) >= 11 is 5.85. The van der Waals surface area contributed by atoms with Crippen LogP contribution < -0.4 is 10.0 Å². The third kappa shape index (κ3) is 2.59. The van der Waals surface area contributed by atoms with Gasteiger partial charge in [-0.2, -0.15) is 0 Å². The van der Waals surface area contributed by atoms with Gasteiger partial charge >= 0.3 is 0 Å². The van der Waals surface area contributed by atoms with Crippen LogP contribution in [0.15, 0.2) is 47.4 Å². The van der Waals surface area contributed by atoms with Gasteiger partial charge in [0.15, 0.2) is 0 Å². The summed E-state index contributed by atoms with van der Waals surface area (Å²) in [5, 5.41) is 3.69. The first-order valence-electron chi connectivity index (χ1n) is 6.20. The quantitative estimate of drug-likeness (QED) is 0.916. The van der Waals surface area contributed by atoms with Crippen LogP contribution in [0.1, 0.15) is 5.56 Å². The number of anilines is 2. The molecule has 20 heavy (non-hydrogen) atoms. The van der Waals surface area contributed by atoms with Gasteiger partial charge in [0.25, 0.3) is 10.0 Å². The molecule has 6 heteroatoms. The molecule has 0 radical (unpaired) electrons. The lowest BCUT2D eigenvalue weighted by molar-refractivity contribution is 0.601. The third-order valence-corrected chi connectivity index (χ3v) is 4.79. The van der Waals surface area contributed by atoms with Gasteiger partial charge in [0.2, 0.25) is 0 Å². The van der Waals surface area contributed by atoms with Crippen molar-refractivity contribution >= 4 is 33.0 Å². The molecule has 0 bridgehead atoms. The van der Waals surface area contributed by atoms with E-state index in [0.717, 1.165) is 24.2 Å². The number of sulfonamides is 1. The molecule has 0 atom stereocenters. The summed E-state index contributed by atoms with van der Waals surface area (Å²) in [5.41, 5.74) is 2.49. The van der Waals surface area contributed by atoms with Crippen molar-refractivity contribution in [2.24, 2.45) is 0 Å². The van der Waals surface area contributed by atoms with Crippen molar-refractivity contribution < 1.29 is 8.42 Å². The Labute approximate surface area is 122 Å². The zero-order chi connectivity index (χ0) is 14.2. The lowest BCUT2D eigenvalue weighted by atomic mass is 10.2. The van der Waals surface area contributed by atoms with Crippen LogP contribution in [0.5, 0.6) is 0 Å². The number of benzene rings is 2. The van der Waals surface area contributed by atoms with Crippen LogP contribution >= 0.6 is 11.6 Å². The van der Waals surface area contributed by atoms with Crippen molar-refractivity contribution in [2.75, 3.05) is 16.6 Å². The Balaban J connectivity index is 1.92. The van der Waals surface area contributed by atoms with Crippen molar-refractivity contribution in [3.05, 3.63) is 53.1 Å². The average Bonchev–Trinajstić information content (AvgIpc) is 2.85. The first-order chi connectivity index (χ1) is 9.54. The molecule has 0 aliphatic carbocycles. The maximum Gasteiger partial charge on any atom is 0.261 e. The molecule has 1 aliphatic heterocycles. The Morgan fingerprint density at radius 2 is 2.00 bits per heavy atom. The molecule has 0 amide bonds. The van der Waals surface area contributed by atoms with Crippen molar-refractivity contribution in [3.63, 3.8) is 0 Å². The van der Waals surface area contributed by atoms with Gasteiger partial charge in [-0.3, -0.25) is 4.72 Å². The first kappa shape index (κ1) is 13.3. The highest BCUT2D eigenvalue weighted by molar-refractivity contribution is 7.92. The minimum absolute atomic E-state index is 0.264. The van der Waals surface area contributed by atoms with Crippen molar-refractivity contribution in [3.8, 4) is 0 Å². The highest BCUT2D eigenvalue weighted by Crippen LogP contribution is 2.26. The van der Waals surface area contributed by atoms with Crippen LogP contribution in [-0.2, 0) is 16.4 Å². The molecule has 0 fully saturated rings. The van der Waals surface area contributed by atoms with E-state index in [9.17, 15) is 8.42 Å². The fourth-order valence-electron chi connectivity index (χ4n) is 2.21. The Bertz CT molecular complexity index is 760. The molecule has 104 valence electrons. The number of hydrogen-bond acceptors (Lipinski definition) is 3. The summed E-state index contributed by atoms with van der Waals surface area (Å²) in [6.07, 6.45) is 0.843. The predicted octanol–water partition coefficient (Wildman–Crippen LogP) is 3.11. The monoisotopic (exact) mass is 308 g/mol. The molecule has 2 N–H and O–H groups in total. The van der Waals surface area contributed by atoms with E-state index in [0.29, 0.717) is 10.7 Å². The van der Waals surface area contributed by atoms with E-state index in [-0.39, 0.29) is 4.90 Å². The maximum absolute atomic E-state index is 12.3. The molecule has 2 aromatic carbocycles. The second-order valence-corrected chi connectivity index (χ2v) is 6.73. The van der Waals surface area contributed by atoms with Gasteiger partial charge < -0.3 is 5.32 Å². The molecule has 0 saturated heterocycles. The highest BCUT2D eigenvalue weighted by Gasteiger charge is 2.18. The van der Waals surface area contributed by atoms with E-state index in [1.165, 1.54) is 0 Å². The van der Waals surface area contributed by atoms with Gasteiger partial charge in [-0.1, -0.05) is 17.7 Å². The zero-order valence-corrected chi connectivity index (χ0v) is 12.1. The summed E-state index contributed by atoms with van der Waals surface area (Å²) in [6, 6.07) is 11.8. The van der Waals surface area contributed by atoms with Crippen molar-refractivity contribution in [1.29, 1.82) is 0 Å². The smallest absolute Gasteiger partial charge is 0.261 e. The summed E-state index contributed by atoms with van der Waals surface area (Å²) < 4.78 is 27.2. The fourth-order valence-corrected chi connectivity index (χ4v) is 3.50. The first-order valence-corrected chi connectivity index (χ1v) is 8.06. The molecule has 1 aliphatic rings. The van der Waals surface area contributed by atoms with Crippen LogP contribution in [0, 0.1) is 0 Å². The van der Waals surface area contributed by atoms with Gasteiger partial charge in [-0.05, 0) is 48.4 Å². The summed E-state index contributed by atoms with van der Waals surface area (Å²) in [6.45, 7) is 0.848. The van der Waals surface area contributed by atoms with E-state index in [4.69, 9.17) is 11.6 Å². The molecule has 4 nitrogen and oxygen atoms in total. The number of halogens is 1. The molecule has 0 unspecified atom stereocenters. The van der Waals surface area contributed by atoms with Crippen LogP contribution in [0.2, 0.25) is 5.02 Å². The lowest BCUT2D eigenvalue weighted by Crippen LogP contribution is -2.13.